The molecule has 0 saturated carbocycles. The fourth-order valence-electron chi connectivity index (χ4n) is 3.14. The standard InChI is InChI=1S/C20H28N2O4/c1-13-16(18(24)25)6-5-11-22(13)17(23)15-9-7-14(8-10-15)12-21-19(26)20(2,3)4/h7-10,13,16H,5-6,11-12H2,1-4H3,(H,21,26)(H,24,25)/t13-,16-/m1/s1. The average molecular weight is 360 g/mol. The first kappa shape index (κ1) is 19.9. The molecular formula is C20H28N2O4. The van der Waals surface area contributed by atoms with Gasteiger partial charge in [0, 0.05) is 30.1 Å². The van der Waals surface area contributed by atoms with E-state index in [1.807, 2.05) is 32.9 Å². The normalized spacial score (nSPS) is 20.5. The molecule has 0 spiro atoms. The highest BCUT2D eigenvalue weighted by Gasteiger charge is 2.35. The van der Waals surface area contributed by atoms with E-state index in [-0.39, 0.29) is 17.9 Å². The third-order valence-electron chi connectivity index (χ3n) is 4.90. The number of nitrogens with zero attached hydrogens (tertiary/aromatic N) is 1. The van der Waals surface area contributed by atoms with Crippen molar-refractivity contribution in [3.8, 4) is 0 Å². The highest BCUT2D eigenvalue weighted by molar-refractivity contribution is 5.95. The first-order valence-electron chi connectivity index (χ1n) is 9.02. The summed E-state index contributed by atoms with van der Waals surface area (Å²) < 4.78 is 0. The quantitative estimate of drug-likeness (QED) is 0.864. The van der Waals surface area contributed by atoms with Crippen LogP contribution in [0.15, 0.2) is 24.3 Å². The van der Waals surface area contributed by atoms with E-state index >= 15 is 0 Å². The highest BCUT2D eigenvalue weighted by atomic mass is 16.4. The summed E-state index contributed by atoms with van der Waals surface area (Å²) >= 11 is 0. The lowest BCUT2D eigenvalue weighted by Crippen LogP contribution is -2.49. The van der Waals surface area contributed by atoms with E-state index in [2.05, 4.69) is 5.32 Å². The number of hydrogen-bond acceptors (Lipinski definition) is 3. The number of amides is 2. The van der Waals surface area contributed by atoms with E-state index in [9.17, 15) is 19.5 Å². The molecule has 1 saturated heterocycles. The van der Waals surface area contributed by atoms with Crippen LogP contribution in [0.1, 0.15) is 56.5 Å². The van der Waals surface area contributed by atoms with Crippen molar-refractivity contribution in [2.75, 3.05) is 6.54 Å². The van der Waals surface area contributed by atoms with Crippen molar-refractivity contribution < 1.29 is 19.5 Å². The van der Waals surface area contributed by atoms with E-state index in [0.29, 0.717) is 31.5 Å². The fourth-order valence-corrected chi connectivity index (χ4v) is 3.14. The van der Waals surface area contributed by atoms with E-state index in [1.165, 1.54) is 0 Å². The number of nitrogens with one attached hydrogen (secondary N) is 1. The Labute approximate surface area is 154 Å². The van der Waals surface area contributed by atoms with Crippen LogP contribution >= 0.6 is 0 Å². The number of carboxylic acid groups (broad SMARTS) is 1. The molecular weight excluding hydrogens is 332 g/mol. The number of likely N-dealkylation sites (tertiary alicyclic amines) is 1. The van der Waals surface area contributed by atoms with Crippen molar-refractivity contribution in [2.24, 2.45) is 11.3 Å². The van der Waals surface area contributed by atoms with Crippen LogP contribution < -0.4 is 5.32 Å². The summed E-state index contributed by atoms with van der Waals surface area (Å²) in [5.74, 6) is -1.53. The van der Waals surface area contributed by atoms with Gasteiger partial charge >= 0.3 is 5.97 Å². The Morgan fingerprint density at radius 1 is 1.19 bits per heavy atom. The molecule has 1 fully saturated rings. The number of benzene rings is 1. The summed E-state index contributed by atoms with van der Waals surface area (Å²) in [7, 11) is 0. The summed E-state index contributed by atoms with van der Waals surface area (Å²) in [4.78, 5) is 37.7. The van der Waals surface area contributed by atoms with Gasteiger partial charge in [0.2, 0.25) is 5.91 Å². The van der Waals surface area contributed by atoms with Gasteiger partial charge in [-0.2, -0.15) is 0 Å². The number of piperidine rings is 1. The largest absolute Gasteiger partial charge is 0.481 e. The predicted octanol–water partition coefficient (Wildman–Crippen LogP) is 2.67. The van der Waals surface area contributed by atoms with E-state index in [0.717, 1.165) is 5.56 Å². The van der Waals surface area contributed by atoms with Gasteiger partial charge in [-0.25, -0.2) is 0 Å². The first-order chi connectivity index (χ1) is 12.1. The number of carbonyl (C=O) groups excluding carboxylic acids is 2. The Balaban J connectivity index is 2.02. The smallest absolute Gasteiger partial charge is 0.308 e. The number of carbonyl (C=O) groups is 3. The highest BCUT2D eigenvalue weighted by Crippen LogP contribution is 2.25. The summed E-state index contributed by atoms with van der Waals surface area (Å²) in [6.07, 6.45) is 1.30. The molecule has 6 nitrogen and oxygen atoms in total. The summed E-state index contributed by atoms with van der Waals surface area (Å²) in [5.41, 5.74) is 1.00. The SMILES string of the molecule is C[C@@H]1[C@H](C(=O)O)CCCN1C(=O)c1ccc(CNC(=O)C(C)(C)C)cc1. The van der Waals surface area contributed by atoms with Gasteiger partial charge in [-0.1, -0.05) is 32.9 Å². The van der Waals surface area contributed by atoms with Gasteiger partial charge in [-0.3, -0.25) is 14.4 Å². The molecule has 1 aliphatic heterocycles. The average Bonchev–Trinajstić information content (AvgIpc) is 2.58. The Morgan fingerprint density at radius 2 is 1.81 bits per heavy atom. The summed E-state index contributed by atoms with van der Waals surface area (Å²) in [5, 5.41) is 12.2. The van der Waals surface area contributed by atoms with Gasteiger partial charge in [0.15, 0.2) is 0 Å². The zero-order valence-electron chi connectivity index (χ0n) is 15.9. The lowest BCUT2D eigenvalue weighted by atomic mass is 9.90. The maximum absolute atomic E-state index is 12.8. The van der Waals surface area contributed by atoms with Gasteiger partial charge in [0.25, 0.3) is 5.91 Å². The fraction of sp³-hybridized carbons (Fsp3) is 0.550. The maximum atomic E-state index is 12.8. The molecule has 26 heavy (non-hydrogen) atoms. The molecule has 0 bridgehead atoms. The van der Waals surface area contributed by atoms with Crippen molar-refractivity contribution in [1.82, 2.24) is 10.2 Å². The monoisotopic (exact) mass is 360 g/mol. The second-order valence-corrected chi connectivity index (χ2v) is 7.96. The molecule has 0 unspecified atom stereocenters. The zero-order chi connectivity index (χ0) is 19.5. The Kier molecular flexibility index (Phi) is 6.05. The van der Waals surface area contributed by atoms with Crippen molar-refractivity contribution in [3.63, 3.8) is 0 Å². The molecule has 2 N–H and O–H groups in total. The maximum Gasteiger partial charge on any atom is 0.308 e. The van der Waals surface area contributed by atoms with E-state index < -0.39 is 17.3 Å². The van der Waals surface area contributed by atoms with Crippen LogP contribution in [0.5, 0.6) is 0 Å². The van der Waals surface area contributed by atoms with Crippen LogP contribution in [-0.2, 0) is 16.1 Å². The molecule has 0 aromatic heterocycles. The molecule has 1 aromatic rings. The first-order valence-corrected chi connectivity index (χ1v) is 9.02. The number of carboxylic acids is 1. The molecule has 2 amide bonds. The molecule has 142 valence electrons. The van der Waals surface area contributed by atoms with Gasteiger partial charge < -0.3 is 15.3 Å². The van der Waals surface area contributed by atoms with Crippen LogP contribution in [0.3, 0.4) is 0 Å². The molecule has 2 atom stereocenters. The molecule has 0 aliphatic carbocycles. The molecule has 2 rings (SSSR count). The Bertz CT molecular complexity index is 676. The van der Waals surface area contributed by atoms with Crippen LogP contribution in [0.25, 0.3) is 0 Å². The molecule has 1 heterocycles. The predicted molar refractivity (Wildman–Crippen MR) is 98.6 cm³/mol. The minimum Gasteiger partial charge on any atom is -0.481 e. The van der Waals surface area contributed by atoms with Crippen LogP contribution in [0.4, 0.5) is 0 Å². The van der Waals surface area contributed by atoms with E-state index in [4.69, 9.17) is 0 Å². The Hall–Kier alpha value is -2.37. The van der Waals surface area contributed by atoms with Crippen LogP contribution in [0.2, 0.25) is 0 Å². The van der Waals surface area contributed by atoms with Crippen molar-refractivity contribution in [3.05, 3.63) is 35.4 Å². The van der Waals surface area contributed by atoms with Gasteiger partial charge in [-0.05, 0) is 37.5 Å². The van der Waals surface area contributed by atoms with Crippen LogP contribution in [0, 0.1) is 11.3 Å². The van der Waals surface area contributed by atoms with Gasteiger partial charge in [0.1, 0.15) is 0 Å². The second-order valence-electron chi connectivity index (χ2n) is 7.96. The minimum absolute atomic E-state index is 0.0282. The summed E-state index contributed by atoms with van der Waals surface area (Å²) in [6, 6.07) is 6.79. The lowest BCUT2D eigenvalue weighted by molar-refractivity contribution is -0.145. The molecule has 1 aliphatic rings. The number of aliphatic carboxylic acids is 1. The third kappa shape index (κ3) is 4.62. The third-order valence-corrected chi connectivity index (χ3v) is 4.90. The second kappa shape index (κ2) is 7.89. The summed E-state index contributed by atoms with van der Waals surface area (Å²) in [6.45, 7) is 8.35. The molecule has 1 aromatic carbocycles. The van der Waals surface area contributed by atoms with Crippen LogP contribution in [-0.4, -0.2) is 40.4 Å². The van der Waals surface area contributed by atoms with E-state index in [1.54, 1.807) is 24.0 Å². The number of rotatable bonds is 4. The van der Waals surface area contributed by atoms with Gasteiger partial charge in [0.05, 0.1) is 5.92 Å². The van der Waals surface area contributed by atoms with Gasteiger partial charge in [-0.15, -0.1) is 0 Å². The topological polar surface area (TPSA) is 86.7 Å². The number of hydrogen-bond donors (Lipinski definition) is 2. The lowest BCUT2D eigenvalue weighted by Gasteiger charge is -2.37. The Morgan fingerprint density at radius 3 is 2.35 bits per heavy atom. The minimum atomic E-state index is -0.847. The van der Waals surface area contributed by atoms with Crippen molar-refractivity contribution >= 4 is 17.8 Å². The molecule has 0 radical (unpaired) electrons. The molecule has 6 heteroatoms. The van der Waals surface area contributed by atoms with Crippen molar-refractivity contribution in [1.29, 1.82) is 0 Å². The van der Waals surface area contributed by atoms with Crippen molar-refractivity contribution in [2.45, 2.75) is 53.1 Å². The zero-order valence-corrected chi connectivity index (χ0v) is 15.9.